The number of carbonyl (C=O) groups is 2. The number of carbonyl (C=O) groups excluding carboxylic acids is 2. The molecule has 2 aliphatic rings. The third-order valence-electron chi connectivity index (χ3n) is 6.47. The molecule has 14 heteroatoms. The number of nitrogens with zero attached hydrogens (tertiary/aromatic N) is 3. The molecule has 2 heterocycles. The second kappa shape index (κ2) is 17.6. The van der Waals surface area contributed by atoms with Gasteiger partial charge in [0, 0.05) is 37.9 Å². The van der Waals surface area contributed by atoms with Gasteiger partial charge in [-0.2, -0.15) is 29.8 Å². The number of hydrogen-bond acceptors (Lipinski definition) is 8. The Balaban J connectivity index is 0.000000382. The molecule has 0 spiro atoms. The monoisotopic (exact) mass is 603 g/mol. The van der Waals surface area contributed by atoms with Crippen LogP contribution in [0.2, 0.25) is 0 Å². The maximum atomic E-state index is 12.2. The van der Waals surface area contributed by atoms with Gasteiger partial charge in [0.05, 0.1) is 13.2 Å². The van der Waals surface area contributed by atoms with Crippen molar-refractivity contribution in [3.63, 3.8) is 0 Å². The molecular weight excluding hydrogens is 558 g/mol. The normalized spacial score (nSPS) is 21.4. The highest BCUT2D eigenvalue weighted by molar-refractivity contribution is 8.11. The fraction of sp³-hybridized carbons (Fsp3) is 0.917. The quantitative estimate of drug-likeness (QED) is 0.178. The van der Waals surface area contributed by atoms with Gasteiger partial charge in [0.25, 0.3) is 10.2 Å². The van der Waals surface area contributed by atoms with Gasteiger partial charge in [0.1, 0.15) is 12.1 Å². The van der Waals surface area contributed by atoms with Crippen LogP contribution in [0, 0.1) is 0 Å². The highest BCUT2D eigenvalue weighted by Gasteiger charge is 2.39. The van der Waals surface area contributed by atoms with Gasteiger partial charge in [-0.3, -0.25) is 9.59 Å². The first kappa shape index (κ1) is 35.0. The highest BCUT2D eigenvalue weighted by Crippen LogP contribution is 2.24. The van der Waals surface area contributed by atoms with E-state index in [1.807, 2.05) is 0 Å². The Bertz CT molecular complexity index is 931. The van der Waals surface area contributed by atoms with E-state index >= 15 is 0 Å². The molecule has 0 aromatic rings. The first-order chi connectivity index (χ1) is 17.9. The molecule has 38 heavy (non-hydrogen) atoms. The van der Waals surface area contributed by atoms with Gasteiger partial charge in [-0.25, -0.2) is 0 Å². The number of hydrogen-bond donors (Lipinski definition) is 0. The molecule has 0 aliphatic carbocycles. The van der Waals surface area contributed by atoms with Crippen molar-refractivity contribution in [3.05, 3.63) is 0 Å². The van der Waals surface area contributed by atoms with Crippen molar-refractivity contribution in [3.8, 4) is 0 Å². The van der Waals surface area contributed by atoms with Crippen LogP contribution in [0.3, 0.4) is 0 Å². The van der Waals surface area contributed by atoms with E-state index in [0.29, 0.717) is 39.1 Å². The van der Waals surface area contributed by atoms with Crippen LogP contribution in [-0.2, 0) is 38.5 Å². The topological polar surface area (TPSA) is 131 Å². The molecular formula is C24H46ClN3O8S2. The number of piperidine rings is 2. The molecule has 0 aromatic heterocycles. The summed E-state index contributed by atoms with van der Waals surface area (Å²) in [6.45, 7) is 5.54. The summed E-state index contributed by atoms with van der Waals surface area (Å²) in [7, 11) is 0.870. The van der Waals surface area contributed by atoms with Crippen molar-refractivity contribution in [1.29, 1.82) is 0 Å². The summed E-state index contributed by atoms with van der Waals surface area (Å²) in [4.78, 5) is 23.9. The fourth-order valence-electron chi connectivity index (χ4n) is 4.27. The Kier molecular flexibility index (Phi) is 16.3. The summed E-state index contributed by atoms with van der Waals surface area (Å²) in [6.07, 6.45) is 9.96. The molecule has 0 radical (unpaired) electrons. The van der Waals surface area contributed by atoms with E-state index in [1.165, 1.54) is 18.4 Å². The van der Waals surface area contributed by atoms with E-state index < -0.39 is 43.5 Å². The molecule has 0 N–H and O–H groups in total. The standard InChI is InChI=1S/C13H26N2O4S.C11H20ClNO4S/c1-4-5-8-11-19-13(16)12-9-6-7-10-15(12)20(17,18)14(2)3;1-2-3-6-9-17-11(14)10-7-4-5-8-13(10)18(12,15)16/h12H,4-11H2,1-3H3;10H,2-9H2,1H3/t12-;10-/m00/s1. The molecule has 0 amide bonds. The van der Waals surface area contributed by atoms with Gasteiger partial charge in [0.15, 0.2) is 0 Å². The first-order valence-corrected chi connectivity index (χ1v) is 17.3. The van der Waals surface area contributed by atoms with E-state index in [-0.39, 0.29) is 0 Å². The van der Waals surface area contributed by atoms with Gasteiger partial charge in [-0.15, -0.1) is 0 Å². The second-order valence-corrected chi connectivity index (χ2v) is 14.3. The molecule has 2 saturated heterocycles. The Morgan fingerprint density at radius 1 is 0.763 bits per heavy atom. The Hall–Kier alpha value is -0.990. The SMILES string of the molecule is CCCCCOC(=O)[C@@H]1CCCCN1S(=O)(=O)Cl.CCCCCOC(=O)[C@@H]1CCCCN1S(=O)(=O)N(C)C. The number of halogens is 1. The van der Waals surface area contributed by atoms with Gasteiger partial charge >= 0.3 is 21.2 Å². The van der Waals surface area contributed by atoms with E-state index in [4.69, 9.17) is 20.2 Å². The van der Waals surface area contributed by atoms with Gasteiger partial charge in [-0.05, 0) is 51.4 Å². The second-order valence-electron chi connectivity index (χ2n) is 9.73. The molecule has 0 bridgehead atoms. The van der Waals surface area contributed by atoms with Gasteiger partial charge < -0.3 is 9.47 Å². The molecule has 11 nitrogen and oxygen atoms in total. The van der Waals surface area contributed by atoms with E-state index in [9.17, 15) is 26.4 Å². The van der Waals surface area contributed by atoms with Crippen LogP contribution in [0.5, 0.6) is 0 Å². The lowest BCUT2D eigenvalue weighted by molar-refractivity contribution is -0.150. The smallest absolute Gasteiger partial charge is 0.324 e. The van der Waals surface area contributed by atoms with Crippen LogP contribution in [-0.4, -0.2) is 94.2 Å². The molecule has 0 unspecified atom stereocenters. The Labute approximate surface area is 233 Å². The maximum absolute atomic E-state index is 12.2. The Morgan fingerprint density at radius 3 is 1.58 bits per heavy atom. The lowest BCUT2D eigenvalue weighted by Gasteiger charge is -2.34. The number of esters is 2. The molecule has 2 rings (SSSR count). The zero-order valence-corrected chi connectivity index (χ0v) is 25.7. The summed E-state index contributed by atoms with van der Waals surface area (Å²) < 4.78 is 61.0. The number of unbranched alkanes of at least 4 members (excludes halogenated alkanes) is 4. The van der Waals surface area contributed by atoms with Gasteiger partial charge in [0.2, 0.25) is 0 Å². The Morgan fingerprint density at radius 2 is 1.18 bits per heavy atom. The molecule has 2 aliphatic heterocycles. The van der Waals surface area contributed by atoms with Crippen LogP contribution in [0.4, 0.5) is 0 Å². The summed E-state index contributed by atoms with van der Waals surface area (Å²) in [5.41, 5.74) is 0. The van der Waals surface area contributed by atoms with Gasteiger partial charge in [-0.1, -0.05) is 39.5 Å². The lowest BCUT2D eigenvalue weighted by Crippen LogP contribution is -2.52. The first-order valence-electron chi connectivity index (χ1n) is 13.6. The minimum Gasteiger partial charge on any atom is -0.464 e. The predicted molar refractivity (Wildman–Crippen MR) is 147 cm³/mol. The summed E-state index contributed by atoms with van der Waals surface area (Å²) in [6, 6.07) is -1.42. The summed E-state index contributed by atoms with van der Waals surface area (Å²) in [5, 5.41) is 0. The minimum absolute atomic E-state index is 0.292. The number of rotatable bonds is 13. The maximum Gasteiger partial charge on any atom is 0.324 e. The summed E-state index contributed by atoms with van der Waals surface area (Å²) in [5.74, 6) is -0.888. The summed E-state index contributed by atoms with van der Waals surface area (Å²) >= 11 is 0. The molecule has 2 atom stereocenters. The molecule has 0 aromatic carbocycles. The largest absolute Gasteiger partial charge is 0.464 e. The van der Waals surface area contributed by atoms with Crippen molar-refractivity contribution in [1.82, 2.24) is 12.9 Å². The third kappa shape index (κ3) is 11.6. The van der Waals surface area contributed by atoms with Crippen LogP contribution in [0.15, 0.2) is 0 Å². The van der Waals surface area contributed by atoms with Crippen LogP contribution < -0.4 is 0 Å². The zero-order valence-electron chi connectivity index (χ0n) is 23.3. The molecule has 224 valence electrons. The highest BCUT2D eigenvalue weighted by atomic mass is 35.7. The fourth-order valence-corrected chi connectivity index (χ4v) is 6.90. The van der Waals surface area contributed by atoms with E-state index in [0.717, 1.165) is 72.8 Å². The third-order valence-corrected chi connectivity index (χ3v) is 9.96. The van der Waals surface area contributed by atoms with Crippen LogP contribution in [0.25, 0.3) is 0 Å². The van der Waals surface area contributed by atoms with E-state index in [1.54, 1.807) is 0 Å². The minimum atomic E-state index is -3.85. The average molecular weight is 604 g/mol. The van der Waals surface area contributed by atoms with Crippen LogP contribution >= 0.6 is 10.7 Å². The van der Waals surface area contributed by atoms with E-state index in [2.05, 4.69) is 13.8 Å². The van der Waals surface area contributed by atoms with Crippen LogP contribution in [0.1, 0.15) is 90.9 Å². The molecule has 0 saturated carbocycles. The average Bonchev–Trinajstić information content (AvgIpc) is 2.88. The predicted octanol–water partition coefficient (Wildman–Crippen LogP) is 3.44. The molecule has 2 fully saturated rings. The lowest BCUT2D eigenvalue weighted by atomic mass is 10.1. The van der Waals surface area contributed by atoms with Crippen molar-refractivity contribution in [2.24, 2.45) is 0 Å². The number of ether oxygens (including phenoxy) is 2. The van der Waals surface area contributed by atoms with Crippen molar-refractivity contribution >= 4 is 42.1 Å². The zero-order chi connectivity index (χ0) is 28.8. The van der Waals surface area contributed by atoms with Crippen molar-refractivity contribution in [2.75, 3.05) is 40.4 Å². The van der Waals surface area contributed by atoms with Crippen molar-refractivity contribution in [2.45, 2.75) is 103 Å². The van der Waals surface area contributed by atoms with Crippen molar-refractivity contribution < 1.29 is 35.9 Å².